The second kappa shape index (κ2) is 10.0. The van der Waals surface area contributed by atoms with Gasteiger partial charge >= 0.3 is 0 Å². The molecule has 1 aliphatic heterocycles. The number of fused-ring (bicyclic) bond motifs is 1. The number of piperidine rings is 1. The minimum absolute atomic E-state index is 0.0190. The van der Waals surface area contributed by atoms with Crippen LogP contribution in [0, 0.1) is 19.8 Å². The zero-order valence-electron chi connectivity index (χ0n) is 19.3. The quantitative estimate of drug-likeness (QED) is 0.548. The lowest BCUT2D eigenvalue weighted by molar-refractivity contribution is 0.0921. The molecule has 0 bridgehead atoms. The van der Waals surface area contributed by atoms with Crippen molar-refractivity contribution in [2.45, 2.75) is 57.5 Å². The normalized spacial score (nSPS) is 16.4. The van der Waals surface area contributed by atoms with E-state index in [1.165, 1.54) is 24.6 Å². The highest BCUT2D eigenvalue weighted by atomic mass is 32.2. The fourth-order valence-electron chi connectivity index (χ4n) is 4.15. The molecule has 1 N–H and O–H groups in total. The number of hydrogen-bond acceptors (Lipinski definition) is 6. The van der Waals surface area contributed by atoms with E-state index in [2.05, 4.69) is 39.1 Å². The number of nitrogens with one attached hydrogen (secondary N) is 1. The molecule has 2 aromatic heterocycles. The lowest BCUT2D eigenvalue weighted by Gasteiger charge is -2.35. The van der Waals surface area contributed by atoms with Crippen LogP contribution in [-0.4, -0.2) is 56.1 Å². The van der Waals surface area contributed by atoms with Gasteiger partial charge in [-0.25, -0.2) is 9.50 Å². The van der Waals surface area contributed by atoms with E-state index in [0.29, 0.717) is 34.8 Å². The second-order valence-electron chi connectivity index (χ2n) is 8.87. The summed E-state index contributed by atoms with van der Waals surface area (Å²) in [5, 5.41) is 8.37. The monoisotopic (exact) mass is 452 g/mol. The number of aryl methyl sites for hydroxylation is 2. The first-order valence-electron chi connectivity index (χ1n) is 11.3. The first-order valence-corrected chi connectivity index (χ1v) is 12.3. The van der Waals surface area contributed by atoms with Crippen molar-refractivity contribution < 1.29 is 4.79 Å². The van der Waals surface area contributed by atoms with E-state index in [1.807, 2.05) is 44.2 Å². The van der Waals surface area contributed by atoms with Gasteiger partial charge in [0.15, 0.2) is 0 Å². The lowest BCUT2D eigenvalue weighted by Crippen LogP contribution is -2.45. The van der Waals surface area contributed by atoms with Crippen LogP contribution in [0.5, 0.6) is 0 Å². The number of hydrogen-bond donors (Lipinski definition) is 1. The summed E-state index contributed by atoms with van der Waals surface area (Å²) < 4.78 is 1.76. The van der Waals surface area contributed by atoms with E-state index in [9.17, 15) is 4.79 Å². The Labute approximate surface area is 194 Å². The Morgan fingerprint density at radius 1 is 1.22 bits per heavy atom. The van der Waals surface area contributed by atoms with Crippen LogP contribution in [0.4, 0.5) is 0 Å². The third kappa shape index (κ3) is 5.30. The van der Waals surface area contributed by atoms with E-state index in [1.54, 1.807) is 4.52 Å². The molecule has 3 aromatic rings. The maximum absolute atomic E-state index is 13.0. The van der Waals surface area contributed by atoms with Crippen molar-refractivity contribution in [2.75, 3.05) is 19.6 Å². The summed E-state index contributed by atoms with van der Waals surface area (Å²) in [6.45, 7) is 11.4. The third-order valence-corrected chi connectivity index (χ3v) is 7.10. The molecule has 0 aliphatic carbocycles. The molecular formula is C24H32N6OS. The molecular weight excluding hydrogens is 420 g/mol. The Balaban J connectivity index is 1.38. The van der Waals surface area contributed by atoms with E-state index < -0.39 is 0 Å². The standard InChI is InChI=1S/C24H32N6OS/c1-16-9-11-29(12-10-16)19(4)14-25-22(31)21-8-6-5-7-20(21)15-32-24-27-23-26-17(2)13-18(3)30(23)28-24/h5-8,13,16,19H,9-12,14-15H2,1-4H3,(H,25,31). The minimum Gasteiger partial charge on any atom is -0.350 e. The van der Waals surface area contributed by atoms with Gasteiger partial charge in [-0.05, 0) is 70.3 Å². The Morgan fingerprint density at radius 3 is 2.75 bits per heavy atom. The smallest absolute Gasteiger partial charge is 0.253 e. The number of carbonyl (C=O) groups is 1. The highest BCUT2D eigenvalue weighted by Crippen LogP contribution is 2.23. The largest absolute Gasteiger partial charge is 0.350 e. The predicted octanol–water partition coefficient (Wildman–Crippen LogP) is 3.88. The van der Waals surface area contributed by atoms with Gasteiger partial charge in [0, 0.05) is 35.3 Å². The molecule has 3 heterocycles. The Bertz CT molecular complexity index is 1090. The Hall–Kier alpha value is -2.45. The van der Waals surface area contributed by atoms with Gasteiger partial charge in [-0.1, -0.05) is 36.9 Å². The Morgan fingerprint density at radius 2 is 1.97 bits per heavy atom. The van der Waals surface area contributed by atoms with Gasteiger partial charge in [-0.2, -0.15) is 4.98 Å². The molecule has 1 atom stereocenters. The van der Waals surface area contributed by atoms with Gasteiger partial charge in [0.05, 0.1) is 0 Å². The van der Waals surface area contributed by atoms with Crippen LogP contribution in [0.3, 0.4) is 0 Å². The van der Waals surface area contributed by atoms with Crippen molar-refractivity contribution in [2.24, 2.45) is 5.92 Å². The van der Waals surface area contributed by atoms with Crippen molar-refractivity contribution in [3.63, 3.8) is 0 Å². The molecule has 1 aliphatic rings. The maximum Gasteiger partial charge on any atom is 0.253 e. The summed E-state index contributed by atoms with van der Waals surface area (Å²) in [6.07, 6.45) is 2.48. The van der Waals surface area contributed by atoms with Gasteiger partial charge in [0.1, 0.15) is 0 Å². The highest BCUT2D eigenvalue weighted by Gasteiger charge is 2.21. The highest BCUT2D eigenvalue weighted by molar-refractivity contribution is 7.98. The maximum atomic E-state index is 13.0. The molecule has 1 fully saturated rings. The average Bonchev–Trinajstić information content (AvgIpc) is 3.20. The topological polar surface area (TPSA) is 75.4 Å². The molecule has 1 unspecified atom stereocenters. The molecule has 7 nitrogen and oxygen atoms in total. The first-order chi connectivity index (χ1) is 15.4. The lowest BCUT2D eigenvalue weighted by atomic mass is 9.98. The summed E-state index contributed by atoms with van der Waals surface area (Å²) in [7, 11) is 0. The number of thioether (sulfide) groups is 1. The zero-order chi connectivity index (χ0) is 22.7. The van der Waals surface area contributed by atoms with E-state index in [4.69, 9.17) is 0 Å². The molecule has 170 valence electrons. The Kier molecular flexibility index (Phi) is 7.10. The summed E-state index contributed by atoms with van der Waals surface area (Å²) in [4.78, 5) is 24.4. The van der Waals surface area contributed by atoms with Gasteiger partial charge in [0.25, 0.3) is 11.7 Å². The van der Waals surface area contributed by atoms with Gasteiger partial charge < -0.3 is 5.32 Å². The van der Waals surface area contributed by atoms with Crippen LogP contribution in [0.25, 0.3) is 5.78 Å². The van der Waals surface area contributed by atoms with Crippen molar-refractivity contribution in [1.82, 2.24) is 29.8 Å². The summed E-state index contributed by atoms with van der Waals surface area (Å²) >= 11 is 1.52. The molecule has 0 radical (unpaired) electrons. The minimum atomic E-state index is -0.0190. The van der Waals surface area contributed by atoms with Crippen molar-refractivity contribution in [3.8, 4) is 0 Å². The van der Waals surface area contributed by atoms with E-state index in [0.717, 1.165) is 36.0 Å². The van der Waals surface area contributed by atoms with Crippen molar-refractivity contribution in [1.29, 1.82) is 0 Å². The number of rotatable bonds is 7. The summed E-state index contributed by atoms with van der Waals surface area (Å²) in [5.41, 5.74) is 3.63. The molecule has 0 spiro atoms. The van der Waals surface area contributed by atoms with Gasteiger partial charge in [-0.15, -0.1) is 5.10 Å². The second-order valence-corrected chi connectivity index (χ2v) is 9.81. The fraction of sp³-hybridized carbons (Fsp3) is 0.500. The van der Waals surface area contributed by atoms with E-state index in [-0.39, 0.29) is 5.91 Å². The van der Waals surface area contributed by atoms with Crippen LogP contribution in [0.1, 0.15) is 54.0 Å². The first kappa shape index (κ1) is 22.7. The molecule has 4 rings (SSSR count). The molecule has 8 heteroatoms. The van der Waals surface area contributed by atoms with E-state index >= 15 is 0 Å². The summed E-state index contributed by atoms with van der Waals surface area (Å²) in [6, 6.07) is 10.1. The molecule has 1 aromatic carbocycles. The van der Waals surface area contributed by atoms with Crippen molar-refractivity contribution in [3.05, 3.63) is 52.8 Å². The fourth-order valence-corrected chi connectivity index (χ4v) is 4.98. The van der Waals surface area contributed by atoms with Crippen LogP contribution in [0.2, 0.25) is 0 Å². The molecule has 0 saturated carbocycles. The van der Waals surface area contributed by atoms with Crippen molar-refractivity contribution >= 4 is 23.4 Å². The zero-order valence-corrected chi connectivity index (χ0v) is 20.2. The van der Waals surface area contributed by atoms with Gasteiger partial charge in [0.2, 0.25) is 5.16 Å². The number of benzene rings is 1. The van der Waals surface area contributed by atoms with Crippen LogP contribution >= 0.6 is 11.8 Å². The van der Waals surface area contributed by atoms with Crippen LogP contribution < -0.4 is 5.32 Å². The number of carbonyl (C=O) groups excluding carboxylic acids is 1. The SMILES string of the molecule is Cc1cc(C)n2nc(SCc3ccccc3C(=O)NCC(C)N3CCC(C)CC3)nc2n1. The number of nitrogens with zero attached hydrogens (tertiary/aromatic N) is 5. The summed E-state index contributed by atoms with van der Waals surface area (Å²) in [5.74, 6) is 2.02. The molecule has 1 saturated heterocycles. The molecule has 1 amide bonds. The number of amides is 1. The third-order valence-electron chi connectivity index (χ3n) is 6.22. The molecule has 32 heavy (non-hydrogen) atoms. The predicted molar refractivity (Wildman–Crippen MR) is 128 cm³/mol. The number of aromatic nitrogens is 4. The average molecular weight is 453 g/mol. The van der Waals surface area contributed by atoms with Crippen LogP contribution in [0.15, 0.2) is 35.5 Å². The van der Waals surface area contributed by atoms with Gasteiger partial charge in [-0.3, -0.25) is 9.69 Å². The number of likely N-dealkylation sites (tertiary alicyclic amines) is 1. The van der Waals surface area contributed by atoms with Crippen LogP contribution in [-0.2, 0) is 5.75 Å².